The van der Waals surface area contributed by atoms with Crippen LogP contribution in [-0.4, -0.2) is 24.5 Å². The Labute approximate surface area is 179 Å². The molecule has 0 atom stereocenters. The molecule has 0 aromatic rings. The van der Waals surface area contributed by atoms with Crippen LogP contribution in [0.4, 0.5) is 0 Å². The predicted molar refractivity (Wildman–Crippen MR) is 130 cm³/mol. The van der Waals surface area contributed by atoms with E-state index in [-0.39, 0.29) is 0 Å². The van der Waals surface area contributed by atoms with Crippen molar-refractivity contribution in [1.82, 2.24) is 4.90 Å². The molecule has 0 N–H and O–H groups in total. The molecule has 0 saturated heterocycles. The van der Waals surface area contributed by atoms with Crippen LogP contribution in [0.5, 0.6) is 0 Å². The zero-order valence-electron chi connectivity index (χ0n) is 19.6. The van der Waals surface area contributed by atoms with Crippen molar-refractivity contribution in [3.63, 3.8) is 0 Å². The van der Waals surface area contributed by atoms with Gasteiger partial charge < -0.3 is 0 Å². The third-order valence-electron chi connectivity index (χ3n) is 5.85. The van der Waals surface area contributed by atoms with Gasteiger partial charge in [-0.15, -0.1) is 13.2 Å². The van der Waals surface area contributed by atoms with Gasteiger partial charge in [0.25, 0.3) is 0 Å². The van der Waals surface area contributed by atoms with Gasteiger partial charge >= 0.3 is 0 Å². The molecule has 0 bridgehead atoms. The first-order valence-electron chi connectivity index (χ1n) is 12.8. The maximum Gasteiger partial charge on any atom is 0.0163 e. The Kier molecular flexibility index (Phi) is 24.0. The smallest absolute Gasteiger partial charge is 0.0163 e. The number of hydrogen-bond acceptors (Lipinski definition) is 1. The van der Waals surface area contributed by atoms with Gasteiger partial charge in [0.15, 0.2) is 0 Å². The van der Waals surface area contributed by atoms with E-state index in [4.69, 9.17) is 0 Å². The summed E-state index contributed by atoms with van der Waals surface area (Å²) in [5.41, 5.74) is 0. The van der Waals surface area contributed by atoms with Crippen LogP contribution in [0, 0.1) is 0 Å². The third-order valence-corrected chi connectivity index (χ3v) is 5.85. The minimum absolute atomic E-state index is 0.991. The van der Waals surface area contributed by atoms with Crippen LogP contribution in [0.1, 0.15) is 129 Å². The molecule has 0 heterocycles. The highest BCUT2D eigenvalue weighted by atomic mass is 15.1. The number of unbranched alkanes of at least 4 members (excludes halogenated alkanes) is 18. The van der Waals surface area contributed by atoms with Crippen molar-refractivity contribution in [1.29, 1.82) is 0 Å². The molecule has 166 valence electrons. The first-order chi connectivity index (χ1) is 13.8. The van der Waals surface area contributed by atoms with E-state index in [0.717, 1.165) is 13.1 Å². The molecule has 0 aliphatic heterocycles. The fourth-order valence-corrected chi connectivity index (χ4v) is 4.04. The lowest BCUT2D eigenvalue weighted by molar-refractivity contribution is 0.324. The van der Waals surface area contributed by atoms with Crippen molar-refractivity contribution >= 4 is 0 Å². The van der Waals surface area contributed by atoms with E-state index in [0.29, 0.717) is 0 Å². The van der Waals surface area contributed by atoms with E-state index in [1.807, 2.05) is 12.2 Å². The van der Waals surface area contributed by atoms with Gasteiger partial charge in [-0.3, -0.25) is 4.90 Å². The molecule has 0 aliphatic carbocycles. The fraction of sp³-hybridized carbons (Fsp3) is 0.852. The van der Waals surface area contributed by atoms with Gasteiger partial charge in [-0.2, -0.15) is 0 Å². The normalized spacial score (nSPS) is 11.2. The molecular weight excluding hydrogens is 338 g/mol. The van der Waals surface area contributed by atoms with E-state index in [1.165, 1.54) is 129 Å². The van der Waals surface area contributed by atoms with Crippen molar-refractivity contribution in [2.24, 2.45) is 0 Å². The second-order valence-corrected chi connectivity index (χ2v) is 8.70. The minimum atomic E-state index is 0.991. The summed E-state index contributed by atoms with van der Waals surface area (Å²) in [6.45, 7) is 13.2. The topological polar surface area (TPSA) is 3.24 Å². The van der Waals surface area contributed by atoms with Crippen LogP contribution < -0.4 is 0 Å². The summed E-state index contributed by atoms with van der Waals surface area (Å²) in [4.78, 5) is 2.42. The highest BCUT2D eigenvalue weighted by Gasteiger charge is 2.00. The Bertz CT molecular complexity index is 299. The molecule has 0 unspecified atom stereocenters. The summed E-state index contributed by atoms with van der Waals surface area (Å²) >= 11 is 0. The molecule has 0 saturated carbocycles. The molecule has 0 aliphatic rings. The molecular formula is C27H53N. The summed E-state index contributed by atoms with van der Waals surface area (Å²) in [6, 6.07) is 0. The standard InChI is InChI=1S/C27H53N/c1-4-7-8-9-10-11-12-13-14-15-16-17-18-19-20-21-22-23-24-27-28(25-5-2)26-6-3/h5-6H,2-4,7-27H2,1H3. The lowest BCUT2D eigenvalue weighted by atomic mass is 10.0. The first kappa shape index (κ1) is 27.4. The maximum absolute atomic E-state index is 3.84. The van der Waals surface area contributed by atoms with Crippen LogP contribution in [0.2, 0.25) is 0 Å². The lowest BCUT2D eigenvalue weighted by Crippen LogP contribution is -2.24. The fourth-order valence-electron chi connectivity index (χ4n) is 4.04. The minimum Gasteiger partial charge on any atom is -0.296 e. The molecule has 0 aromatic heterocycles. The Balaban J connectivity index is 3.13. The quantitative estimate of drug-likeness (QED) is 0.117. The zero-order valence-corrected chi connectivity index (χ0v) is 19.6. The van der Waals surface area contributed by atoms with Gasteiger partial charge in [0.2, 0.25) is 0 Å². The van der Waals surface area contributed by atoms with Crippen molar-refractivity contribution in [2.45, 2.75) is 129 Å². The molecule has 0 spiro atoms. The van der Waals surface area contributed by atoms with Crippen molar-refractivity contribution in [3.05, 3.63) is 25.3 Å². The summed E-state index contributed by atoms with van der Waals surface area (Å²) in [7, 11) is 0. The Morgan fingerprint density at radius 2 is 0.750 bits per heavy atom. The first-order valence-corrected chi connectivity index (χ1v) is 12.8. The Hall–Kier alpha value is -0.560. The molecule has 0 aromatic carbocycles. The summed E-state index contributed by atoms with van der Waals surface area (Å²) in [5, 5.41) is 0. The molecule has 0 rings (SSSR count). The van der Waals surface area contributed by atoms with E-state index >= 15 is 0 Å². The van der Waals surface area contributed by atoms with Crippen LogP contribution in [0.25, 0.3) is 0 Å². The predicted octanol–water partition coefficient (Wildman–Crippen LogP) is 9.09. The van der Waals surface area contributed by atoms with Gasteiger partial charge in [-0.1, -0.05) is 135 Å². The average Bonchev–Trinajstić information content (AvgIpc) is 2.70. The zero-order chi connectivity index (χ0) is 20.5. The Morgan fingerprint density at radius 1 is 0.464 bits per heavy atom. The van der Waals surface area contributed by atoms with E-state index in [2.05, 4.69) is 25.0 Å². The molecule has 1 heteroatoms. The molecule has 0 fully saturated rings. The lowest BCUT2D eigenvalue weighted by Gasteiger charge is -2.18. The van der Waals surface area contributed by atoms with Gasteiger partial charge in [0, 0.05) is 13.1 Å². The SMILES string of the molecule is C=CCN(CC=C)CCCCCCCCCCCCCCCCCCCCC. The maximum atomic E-state index is 3.84. The molecule has 1 nitrogen and oxygen atoms in total. The summed E-state index contributed by atoms with van der Waals surface area (Å²) in [6.07, 6.45) is 31.4. The second-order valence-electron chi connectivity index (χ2n) is 8.70. The third kappa shape index (κ3) is 21.7. The van der Waals surface area contributed by atoms with Crippen molar-refractivity contribution in [3.8, 4) is 0 Å². The molecule has 0 amide bonds. The van der Waals surface area contributed by atoms with E-state index < -0.39 is 0 Å². The highest BCUT2D eigenvalue weighted by Crippen LogP contribution is 2.14. The summed E-state index contributed by atoms with van der Waals surface area (Å²) in [5.74, 6) is 0. The second kappa shape index (κ2) is 24.5. The highest BCUT2D eigenvalue weighted by molar-refractivity contribution is 4.79. The summed E-state index contributed by atoms with van der Waals surface area (Å²) < 4.78 is 0. The number of nitrogens with zero attached hydrogens (tertiary/aromatic N) is 1. The number of hydrogen-bond donors (Lipinski definition) is 0. The van der Waals surface area contributed by atoms with Crippen LogP contribution in [0.15, 0.2) is 25.3 Å². The molecule has 0 radical (unpaired) electrons. The van der Waals surface area contributed by atoms with Crippen LogP contribution >= 0.6 is 0 Å². The van der Waals surface area contributed by atoms with Gasteiger partial charge in [0.1, 0.15) is 0 Å². The van der Waals surface area contributed by atoms with E-state index in [1.54, 1.807) is 0 Å². The van der Waals surface area contributed by atoms with Crippen molar-refractivity contribution < 1.29 is 0 Å². The van der Waals surface area contributed by atoms with Crippen LogP contribution in [-0.2, 0) is 0 Å². The Morgan fingerprint density at radius 3 is 1.04 bits per heavy atom. The van der Waals surface area contributed by atoms with Crippen molar-refractivity contribution in [2.75, 3.05) is 19.6 Å². The largest absolute Gasteiger partial charge is 0.296 e. The average molecular weight is 392 g/mol. The van der Waals surface area contributed by atoms with Gasteiger partial charge in [-0.25, -0.2) is 0 Å². The number of rotatable bonds is 24. The monoisotopic (exact) mass is 391 g/mol. The van der Waals surface area contributed by atoms with Crippen LogP contribution in [0.3, 0.4) is 0 Å². The van der Waals surface area contributed by atoms with E-state index in [9.17, 15) is 0 Å². The van der Waals surface area contributed by atoms with Gasteiger partial charge in [-0.05, 0) is 13.0 Å². The molecule has 28 heavy (non-hydrogen) atoms. The van der Waals surface area contributed by atoms with Gasteiger partial charge in [0.05, 0.1) is 0 Å².